The van der Waals surface area contributed by atoms with Crippen molar-refractivity contribution < 1.29 is 13.9 Å². The number of oxazole rings is 1. The van der Waals surface area contributed by atoms with Crippen LogP contribution in [0.25, 0.3) is 11.2 Å². The highest BCUT2D eigenvalue weighted by atomic mass is 32.2. The first-order chi connectivity index (χ1) is 9.81. The molecule has 1 N–H and O–H groups in total. The van der Waals surface area contributed by atoms with Crippen LogP contribution in [0, 0.1) is 0 Å². The van der Waals surface area contributed by atoms with Gasteiger partial charge in [-0.3, -0.25) is 4.79 Å². The summed E-state index contributed by atoms with van der Waals surface area (Å²) in [5.41, 5.74) is 1.20. The summed E-state index contributed by atoms with van der Waals surface area (Å²) >= 11 is 1.27. The van der Waals surface area contributed by atoms with E-state index in [1.807, 2.05) is 0 Å². The molecular weight excluding hydrogens is 278 g/mol. The van der Waals surface area contributed by atoms with Crippen molar-refractivity contribution in [2.45, 2.75) is 24.2 Å². The molecule has 1 unspecified atom stereocenters. The zero-order valence-electron chi connectivity index (χ0n) is 10.9. The third kappa shape index (κ3) is 3.29. The van der Waals surface area contributed by atoms with E-state index >= 15 is 0 Å². The first kappa shape index (κ1) is 13.4. The van der Waals surface area contributed by atoms with E-state index in [4.69, 9.17) is 9.15 Å². The normalized spacial score (nSPS) is 18.5. The summed E-state index contributed by atoms with van der Waals surface area (Å²) in [7, 11) is 0. The molecule has 1 atom stereocenters. The molecule has 3 rings (SSSR count). The average Bonchev–Trinajstić information content (AvgIpc) is 3.11. The van der Waals surface area contributed by atoms with Crippen LogP contribution >= 0.6 is 11.8 Å². The first-order valence-corrected chi connectivity index (χ1v) is 7.52. The molecule has 1 amide bonds. The van der Waals surface area contributed by atoms with E-state index in [0.717, 1.165) is 19.4 Å². The zero-order valence-corrected chi connectivity index (χ0v) is 11.7. The number of carbonyl (C=O) groups is 1. The van der Waals surface area contributed by atoms with Crippen LogP contribution in [0.15, 0.2) is 28.0 Å². The number of nitrogens with zero attached hydrogens (tertiary/aromatic N) is 2. The summed E-state index contributed by atoms with van der Waals surface area (Å²) in [6.07, 6.45) is 3.92. The molecule has 0 aromatic carbocycles. The quantitative estimate of drug-likeness (QED) is 0.844. The average molecular weight is 293 g/mol. The van der Waals surface area contributed by atoms with Gasteiger partial charge in [0.25, 0.3) is 5.22 Å². The Morgan fingerprint density at radius 1 is 1.55 bits per heavy atom. The molecule has 0 spiro atoms. The van der Waals surface area contributed by atoms with Crippen molar-refractivity contribution in [2.24, 2.45) is 0 Å². The molecular formula is C13H15N3O3S. The molecule has 1 aliphatic heterocycles. The number of ether oxygens (including phenoxy) is 1. The van der Waals surface area contributed by atoms with Crippen molar-refractivity contribution in [3.05, 3.63) is 18.3 Å². The molecule has 0 aliphatic carbocycles. The summed E-state index contributed by atoms with van der Waals surface area (Å²) in [5, 5.41) is 3.32. The Balaban J connectivity index is 1.47. The van der Waals surface area contributed by atoms with E-state index in [-0.39, 0.29) is 17.8 Å². The number of thioether (sulfide) groups is 1. The number of nitrogens with one attached hydrogen (secondary N) is 1. The van der Waals surface area contributed by atoms with Crippen molar-refractivity contribution in [3.63, 3.8) is 0 Å². The lowest BCUT2D eigenvalue weighted by atomic mass is 10.2. The van der Waals surface area contributed by atoms with Crippen LogP contribution in [-0.2, 0) is 9.53 Å². The molecule has 2 aromatic heterocycles. The minimum atomic E-state index is -0.0410. The molecule has 7 heteroatoms. The van der Waals surface area contributed by atoms with Gasteiger partial charge in [0.15, 0.2) is 11.2 Å². The Labute approximate surface area is 120 Å². The lowest BCUT2D eigenvalue weighted by Gasteiger charge is -2.09. The SMILES string of the molecule is O=C(CSc1nc2ncccc2o1)NCC1CCCO1. The van der Waals surface area contributed by atoms with Crippen molar-refractivity contribution in [3.8, 4) is 0 Å². The van der Waals surface area contributed by atoms with Gasteiger partial charge in [0.1, 0.15) is 0 Å². The topological polar surface area (TPSA) is 77.2 Å². The monoisotopic (exact) mass is 293 g/mol. The third-order valence-corrected chi connectivity index (χ3v) is 3.85. The third-order valence-electron chi connectivity index (χ3n) is 3.02. The van der Waals surface area contributed by atoms with Gasteiger partial charge in [0.2, 0.25) is 5.91 Å². The number of rotatable bonds is 5. The number of pyridine rings is 1. The predicted octanol–water partition coefficient (Wildman–Crippen LogP) is 1.61. The highest BCUT2D eigenvalue weighted by molar-refractivity contribution is 7.99. The van der Waals surface area contributed by atoms with Crippen molar-refractivity contribution in [1.29, 1.82) is 0 Å². The summed E-state index contributed by atoms with van der Waals surface area (Å²) < 4.78 is 10.9. The second-order valence-electron chi connectivity index (χ2n) is 4.53. The molecule has 2 aromatic rings. The molecule has 0 saturated carbocycles. The van der Waals surface area contributed by atoms with Crippen LogP contribution in [0.3, 0.4) is 0 Å². The van der Waals surface area contributed by atoms with Gasteiger partial charge in [-0.05, 0) is 25.0 Å². The molecule has 1 aliphatic rings. The second kappa shape index (κ2) is 6.23. The minimum absolute atomic E-state index is 0.0410. The number of hydrogen-bond acceptors (Lipinski definition) is 6. The van der Waals surface area contributed by atoms with Crippen LogP contribution < -0.4 is 5.32 Å². The summed E-state index contributed by atoms with van der Waals surface area (Å²) in [6.45, 7) is 1.37. The highest BCUT2D eigenvalue weighted by Crippen LogP contribution is 2.21. The number of hydrogen-bond donors (Lipinski definition) is 1. The molecule has 0 bridgehead atoms. The van der Waals surface area contributed by atoms with E-state index in [1.165, 1.54) is 11.8 Å². The summed E-state index contributed by atoms with van der Waals surface area (Å²) in [5.74, 6) is 0.236. The van der Waals surface area contributed by atoms with E-state index in [2.05, 4.69) is 15.3 Å². The molecule has 1 fully saturated rings. The van der Waals surface area contributed by atoms with Crippen LogP contribution in [-0.4, -0.2) is 40.9 Å². The Hall–Kier alpha value is -1.60. The van der Waals surface area contributed by atoms with Crippen molar-refractivity contribution in [1.82, 2.24) is 15.3 Å². The van der Waals surface area contributed by atoms with Crippen LogP contribution in [0.5, 0.6) is 0 Å². The van der Waals surface area contributed by atoms with Crippen LogP contribution in [0.4, 0.5) is 0 Å². The van der Waals surface area contributed by atoms with E-state index < -0.39 is 0 Å². The van der Waals surface area contributed by atoms with Crippen molar-refractivity contribution in [2.75, 3.05) is 18.9 Å². The second-order valence-corrected chi connectivity index (χ2v) is 5.46. The van der Waals surface area contributed by atoms with Crippen LogP contribution in [0.1, 0.15) is 12.8 Å². The molecule has 1 saturated heterocycles. The lowest BCUT2D eigenvalue weighted by Crippen LogP contribution is -2.32. The fourth-order valence-electron chi connectivity index (χ4n) is 2.02. The van der Waals surface area contributed by atoms with Crippen LogP contribution in [0.2, 0.25) is 0 Å². The van der Waals surface area contributed by atoms with Gasteiger partial charge in [-0.25, -0.2) is 4.98 Å². The molecule has 3 heterocycles. The van der Waals surface area contributed by atoms with Gasteiger partial charge < -0.3 is 14.5 Å². The Morgan fingerprint density at radius 2 is 2.50 bits per heavy atom. The Morgan fingerprint density at radius 3 is 3.30 bits per heavy atom. The lowest BCUT2D eigenvalue weighted by molar-refractivity contribution is -0.119. The largest absolute Gasteiger partial charge is 0.430 e. The summed E-state index contributed by atoms with van der Waals surface area (Å²) in [4.78, 5) is 20.0. The number of aromatic nitrogens is 2. The van der Waals surface area contributed by atoms with Gasteiger partial charge >= 0.3 is 0 Å². The van der Waals surface area contributed by atoms with Gasteiger partial charge in [-0.2, -0.15) is 4.98 Å². The minimum Gasteiger partial charge on any atom is -0.430 e. The molecule has 20 heavy (non-hydrogen) atoms. The van der Waals surface area contributed by atoms with Crippen molar-refractivity contribution >= 4 is 28.9 Å². The fourth-order valence-corrected chi connectivity index (χ4v) is 2.68. The van der Waals surface area contributed by atoms with Gasteiger partial charge in [0, 0.05) is 19.3 Å². The smallest absolute Gasteiger partial charge is 0.258 e. The highest BCUT2D eigenvalue weighted by Gasteiger charge is 2.16. The fraction of sp³-hybridized carbons (Fsp3) is 0.462. The maximum Gasteiger partial charge on any atom is 0.258 e. The molecule has 0 radical (unpaired) electrons. The number of fused-ring (bicyclic) bond motifs is 1. The van der Waals surface area contributed by atoms with Gasteiger partial charge in [0.05, 0.1) is 11.9 Å². The first-order valence-electron chi connectivity index (χ1n) is 6.54. The maximum atomic E-state index is 11.7. The number of amides is 1. The maximum absolute atomic E-state index is 11.7. The van der Waals surface area contributed by atoms with E-state index in [9.17, 15) is 4.79 Å². The molecule has 6 nitrogen and oxygen atoms in total. The summed E-state index contributed by atoms with van der Waals surface area (Å²) in [6, 6.07) is 3.59. The molecule has 106 valence electrons. The number of carbonyl (C=O) groups excluding carboxylic acids is 1. The van der Waals surface area contributed by atoms with Gasteiger partial charge in [-0.15, -0.1) is 0 Å². The van der Waals surface area contributed by atoms with Gasteiger partial charge in [-0.1, -0.05) is 11.8 Å². The predicted molar refractivity (Wildman–Crippen MR) is 74.5 cm³/mol. The van der Waals surface area contributed by atoms with E-state index in [1.54, 1.807) is 18.3 Å². The zero-order chi connectivity index (χ0) is 13.8. The van der Waals surface area contributed by atoms with E-state index in [0.29, 0.717) is 23.0 Å². The Kier molecular flexibility index (Phi) is 4.17. The standard InChI is InChI=1S/C13H15N3O3S/c17-11(15-7-9-3-2-6-18-9)8-20-13-16-12-10(19-13)4-1-5-14-12/h1,4-5,9H,2-3,6-8H2,(H,15,17). The Bertz CT molecular complexity index is 562.